The molecule has 2 saturated heterocycles. The van der Waals surface area contributed by atoms with Crippen LogP contribution in [0.4, 0.5) is 4.79 Å². The van der Waals surface area contributed by atoms with Crippen molar-refractivity contribution in [1.29, 1.82) is 0 Å². The van der Waals surface area contributed by atoms with Crippen LogP contribution in [0.1, 0.15) is 52.9 Å². The second kappa shape index (κ2) is 9.64. The molecule has 0 saturated carbocycles. The van der Waals surface area contributed by atoms with Gasteiger partial charge in [0.05, 0.1) is 15.8 Å². The highest BCUT2D eigenvalue weighted by molar-refractivity contribution is 14.2. The van der Waals surface area contributed by atoms with E-state index in [2.05, 4.69) is 21.2 Å². The summed E-state index contributed by atoms with van der Waals surface area (Å²) in [6.45, 7) is 8.47. The molecular weight excluding hydrogens is 455 g/mol. The van der Waals surface area contributed by atoms with Gasteiger partial charge in [-0.15, -0.1) is 0 Å². The number of piperidine rings is 1. The first kappa shape index (κ1) is 21.1. The molecule has 2 fully saturated rings. The highest BCUT2D eigenvalue weighted by atomic mass is 127. The van der Waals surface area contributed by atoms with Gasteiger partial charge in [0, 0.05) is 40.8 Å². The third-order valence-corrected chi connectivity index (χ3v) is 5.76. The minimum atomic E-state index is -0.538. The summed E-state index contributed by atoms with van der Waals surface area (Å²) in [5, 5.41) is 0. The Morgan fingerprint density at radius 1 is 1.16 bits per heavy atom. The molecule has 0 aromatic heterocycles. The summed E-state index contributed by atoms with van der Waals surface area (Å²) < 4.78 is 10.8. The Kier molecular flexibility index (Phi) is 8.13. The maximum Gasteiger partial charge on any atom is 0.410 e. The molecule has 0 aromatic carbocycles. The van der Waals surface area contributed by atoms with E-state index in [0.717, 1.165) is 51.8 Å². The Hall–Kier alpha value is -0.220. The maximum atomic E-state index is 12.9. The molecule has 0 aliphatic carbocycles. The molecule has 8 heteroatoms. The fraction of sp³-hybridized carbons (Fsp3) is 0.882. The van der Waals surface area contributed by atoms with Crippen molar-refractivity contribution in [3.8, 4) is 0 Å². The molecule has 2 amide bonds. The van der Waals surface area contributed by atoms with E-state index in [1.54, 1.807) is 4.90 Å². The quantitative estimate of drug-likeness (QED) is 0.335. The van der Waals surface area contributed by atoms with Gasteiger partial charge in [-0.1, -0.05) is 0 Å². The van der Waals surface area contributed by atoms with Gasteiger partial charge in [-0.25, -0.2) is 4.79 Å². The van der Waals surface area contributed by atoms with Gasteiger partial charge < -0.3 is 13.8 Å². The molecule has 144 valence electrons. The molecule has 25 heavy (non-hydrogen) atoms. The molecular formula is C17H29IN2O4S. The predicted molar refractivity (Wildman–Crippen MR) is 107 cm³/mol. The second-order valence-corrected chi connectivity index (χ2v) is 9.21. The molecule has 6 nitrogen and oxygen atoms in total. The van der Waals surface area contributed by atoms with Gasteiger partial charge in [-0.05, 0) is 58.8 Å². The van der Waals surface area contributed by atoms with Crippen LogP contribution in [-0.4, -0.2) is 59.7 Å². The molecule has 2 aliphatic rings. The molecule has 2 rings (SSSR count). The van der Waals surface area contributed by atoms with E-state index in [0.29, 0.717) is 12.5 Å². The first-order valence-corrected chi connectivity index (χ1v) is 12.3. The van der Waals surface area contributed by atoms with Crippen molar-refractivity contribution in [3.63, 3.8) is 0 Å². The van der Waals surface area contributed by atoms with Gasteiger partial charge in [-0.2, -0.15) is 0 Å². The fourth-order valence-electron chi connectivity index (χ4n) is 3.46. The Balaban J connectivity index is 1.84. The van der Waals surface area contributed by atoms with Crippen LogP contribution in [0.5, 0.6) is 0 Å². The lowest BCUT2D eigenvalue weighted by Gasteiger charge is -2.35. The zero-order valence-corrected chi connectivity index (χ0v) is 18.3. The van der Waals surface area contributed by atoms with Crippen molar-refractivity contribution in [3.05, 3.63) is 0 Å². The normalized spacial score (nSPS) is 22.3. The van der Waals surface area contributed by atoms with Crippen LogP contribution in [0, 0.1) is 5.92 Å². The predicted octanol–water partition coefficient (Wildman–Crippen LogP) is 4.03. The third-order valence-electron chi connectivity index (χ3n) is 4.75. The minimum absolute atomic E-state index is 0.0841. The smallest absolute Gasteiger partial charge is 0.410 e. The van der Waals surface area contributed by atoms with Crippen molar-refractivity contribution in [2.75, 3.05) is 26.2 Å². The summed E-state index contributed by atoms with van der Waals surface area (Å²) in [5.74, 6) is 0.707. The van der Waals surface area contributed by atoms with Gasteiger partial charge in [0.2, 0.25) is 5.91 Å². The lowest BCUT2D eigenvalue weighted by atomic mass is 9.93. The standard InChI is InChI=1S/C17H29IN2O4S/c1-17(2,3)24-16(22)20-9-4-5-14(20)15(21)19-10-6-13(7-11-19)8-12-23-25-18/h13-14H,4-12H2,1-3H3/t14-/m0/s1. The van der Waals surface area contributed by atoms with Gasteiger partial charge >= 0.3 is 6.09 Å². The monoisotopic (exact) mass is 484 g/mol. The van der Waals surface area contributed by atoms with Crippen molar-refractivity contribution in [2.45, 2.75) is 64.5 Å². The average Bonchev–Trinajstić information content (AvgIpc) is 3.03. The Morgan fingerprint density at radius 3 is 2.44 bits per heavy atom. The maximum absolute atomic E-state index is 12.9. The number of hydrogen-bond acceptors (Lipinski definition) is 5. The lowest BCUT2D eigenvalue weighted by Crippen LogP contribution is -2.50. The zero-order chi connectivity index (χ0) is 18.4. The van der Waals surface area contributed by atoms with E-state index in [4.69, 9.17) is 8.92 Å². The number of carbonyl (C=O) groups is 2. The molecule has 0 unspecified atom stereocenters. The molecule has 0 bridgehead atoms. The van der Waals surface area contributed by atoms with Gasteiger partial charge in [0.25, 0.3) is 0 Å². The molecule has 2 aliphatic heterocycles. The summed E-state index contributed by atoms with van der Waals surface area (Å²) in [6, 6.07) is -0.356. The van der Waals surface area contributed by atoms with Gasteiger partial charge in [0.15, 0.2) is 0 Å². The van der Waals surface area contributed by atoms with Crippen molar-refractivity contribution in [2.24, 2.45) is 5.92 Å². The van der Waals surface area contributed by atoms with E-state index in [9.17, 15) is 9.59 Å². The van der Waals surface area contributed by atoms with E-state index >= 15 is 0 Å². The largest absolute Gasteiger partial charge is 0.444 e. The third kappa shape index (κ3) is 6.46. The number of ether oxygens (including phenoxy) is 1. The van der Waals surface area contributed by atoms with E-state index in [-0.39, 0.29) is 18.0 Å². The summed E-state index contributed by atoms with van der Waals surface area (Å²) in [6.07, 6.45) is 4.30. The molecule has 0 radical (unpaired) electrons. The number of carbonyl (C=O) groups excluding carboxylic acids is 2. The number of nitrogens with zero attached hydrogens (tertiary/aromatic N) is 2. The summed E-state index contributed by atoms with van der Waals surface area (Å²) in [4.78, 5) is 28.8. The van der Waals surface area contributed by atoms with Crippen LogP contribution >= 0.6 is 30.4 Å². The molecule has 1 atom stereocenters. The Morgan fingerprint density at radius 2 is 1.84 bits per heavy atom. The first-order chi connectivity index (χ1) is 11.8. The number of rotatable bonds is 5. The second-order valence-electron chi connectivity index (χ2n) is 7.77. The number of halogens is 1. The van der Waals surface area contributed by atoms with E-state index in [1.165, 1.54) is 9.21 Å². The summed E-state index contributed by atoms with van der Waals surface area (Å²) in [7, 11) is 1.38. The molecule has 0 aromatic rings. The van der Waals surface area contributed by atoms with Gasteiger partial charge in [0.1, 0.15) is 11.6 Å². The molecule has 0 spiro atoms. The van der Waals surface area contributed by atoms with Crippen LogP contribution in [0.15, 0.2) is 0 Å². The Labute approximate surface area is 167 Å². The molecule has 0 N–H and O–H groups in total. The highest BCUT2D eigenvalue weighted by Crippen LogP contribution is 2.26. The van der Waals surface area contributed by atoms with Crippen molar-refractivity contribution >= 4 is 42.4 Å². The van der Waals surface area contributed by atoms with Crippen molar-refractivity contribution in [1.82, 2.24) is 9.80 Å². The highest BCUT2D eigenvalue weighted by Gasteiger charge is 2.39. The van der Waals surface area contributed by atoms with Crippen LogP contribution in [0.2, 0.25) is 0 Å². The van der Waals surface area contributed by atoms with Crippen LogP contribution < -0.4 is 0 Å². The summed E-state index contributed by atoms with van der Waals surface area (Å²) in [5.41, 5.74) is -0.538. The van der Waals surface area contributed by atoms with Crippen LogP contribution in [0.3, 0.4) is 0 Å². The Bertz CT molecular complexity index is 464. The topological polar surface area (TPSA) is 59.1 Å². The minimum Gasteiger partial charge on any atom is -0.444 e. The first-order valence-electron chi connectivity index (χ1n) is 9.00. The SMILES string of the molecule is CC(C)(C)OC(=O)N1CCC[C@H]1C(=O)N1CCC(CCOSI)CC1. The fourth-order valence-corrected chi connectivity index (χ4v) is 4.16. The van der Waals surface area contributed by atoms with E-state index in [1.807, 2.05) is 25.7 Å². The lowest BCUT2D eigenvalue weighted by molar-refractivity contribution is -0.137. The van der Waals surface area contributed by atoms with Crippen molar-refractivity contribution < 1.29 is 18.5 Å². The number of likely N-dealkylation sites (tertiary alicyclic amines) is 2. The van der Waals surface area contributed by atoms with E-state index < -0.39 is 5.60 Å². The van der Waals surface area contributed by atoms with Gasteiger partial charge in [-0.3, -0.25) is 9.69 Å². The zero-order valence-electron chi connectivity index (χ0n) is 15.3. The molecule has 2 heterocycles. The number of amides is 2. The summed E-state index contributed by atoms with van der Waals surface area (Å²) >= 11 is 2.13. The van der Waals surface area contributed by atoms with Crippen LogP contribution in [-0.2, 0) is 13.7 Å². The average molecular weight is 484 g/mol. The number of hydrogen-bond donors (Lipinski definition) is 0. The van der Waals surface area contributed by atoms with Crippen LogP contribution in [0.25, 0.3) is 0 Å².